The molecule has 0 radical (unpaired) electrons. The first-order valence-electron chi connectivity index (χ1n) is 4.39. The van der Waals surface area contributed by atoms with Crippen molar-refractivity contribution in [2.75, 3.05) is 0 Å². The minimum absolute atomic E-state index is 0.143. The summed E-state index contributed by atoms with van der Waals surface area (Å²) in [5.74, 6) is 0.489. The van der Waals surface area contributed by atoms with Crippen molar-refractivity contribution in [2.45, 2.75) is 19.8 Å². The Morgan fingerprint density at radius 2 is 1.85 bits per heavy atom. The fraction of sp³-hybridized carbons (Fsp3) is 0.300. The average molecular weight is 176 g/mol. The molecule has 0 saturated heterocycles. The van der Waals surface area contributed by atoms with E-state index in [1.54, 1.807) is 0 Å². The molecule has 2 aromatic rings. The van der Waals surface area contributed by atoms with Crippen LogP contribution >= 0.6 is 0 Å². The van der Waals surface area contributed by atoms with Crippen molar-refractivity contribution in [2.24, 2.45) is 0 Å². The quantitative estimate of drug-likeness (QED) is 0.685. The SMILES string of the molecule is CC(C)c1ccc2[nH]c(=O)[nH]c2c1. The van der Waals surface area contributed by atoms with E-state index in [9.17, 15) is 4.79 Å². The topological polar surface area (TPSA) is 48.6 Å². The Labute approximate surface area is 75.8 Å². The summed E-state index contributed by atoms with van der Waals surface area (Å²) in [6, 6.07) is 5.98. The van der Waals surface area contributed by atoms with Crippen LogP contribution in [0.2, 0.25) is 0 Å². The molecule has 0 spiro atoms. The molecule has 2 rings (SSSR count). The highest BCUT2D eigenvalue weighted by atomic mass is 16.1. The average Bonchev–Trinajstić information content (AvgIpc) is 2.42. The molecule has 0 fully saturated rings. The summed E-state index contributed by atoms with van der Waals surface area (Å²) in [4.78, 5) is 16.4. The van der Waals surface area contributed by atoms with E-state index in [-0.39, 0.29) is 5.69 Å². The van der Waals surface area contributed by atoms with Crippen LogP contribution in [0.15, 0.2) is 23.0 Å². The summed E-state index contributed by atoms with van der Waals surface area (Å²) in [7, 11) is 0. The molecule has 0 aliphatic heterocycles. The van der Waals surface area contributed by atoms with Crippen LogP contribution in [0.1, 0.15) is 25.3 Å². The first kappa shape index (κ1) is 8.10. The van der Waals surface area contributed by atoms with Crippen LogP contribution in [0, 0.1) is 0 Å². The Kier molecular flexibility index (Phi) is 1.72. The van der Waals surface area contributed by atoms with Crippen molar-refractivity contribution in [1.82, 2.24) is 9.97 Å². The van der Waals surface area contributed by atoms with Gasteiger partial charge in [0.1, 0.15) is 0 Å². The largest absolute Gasteiger partial charge is 0.323 e. The number of aromatic amines is 2. The number of aromatic nitrogens is 2. The lowest BCUT2D eigenvalue weighted by Crippen LogP contribution is -1.99. The molecule has 3 heteroatoms. The lowest BCUT2D eigenvalue weighted by atomic mass is 10.0. The normalized spacial score (nSPS) is 11.3. The second kappa shape index (κ2) is 2.76. The zero-order chi connectivity index (χ0) is 9.42. The number of benzene rings is 1. The molecule has 0 aliphatic carbocycles. The van der Waals surface area contributed by atoms with E-state index in [1.807, 2.05) is 18.2 Å². The lowest BCUT2D eigenvalue weighted by molar-refractivity contribution is 0.868. The fourth-order valence-electron chi connectivity index (χ4n) is 1.41. The van der Waals surface area contributed by atoms with Gasteiger partial charge in [-0.15, -0.1) is 0 Å². The Morgan fingerprint density at radius 3 is 2.54 bits per heavy atom. The highest BCUT2D eigenvalue weighted by molar-refractivity contribution is 5.75. The minimum Gasteiger partial charge on any atom is -0.306 e. The number of imidazole rings is 1. The van der Waals surface area contributed by atoms with E-state index in [0.29, 0.717) is 5.92 Å². The van der Waals surface area contributed by atoms with Gasteiger partial charge in [0.25, 0.3) is 0 Å². The van der Waals surface area contributed by atoms with Gasteiger partial charge in [-0.25, -0.2) is 4.79 Å². The van der Waals surface area contributed by atoms with Crippen molar-refractivity contribution in [3.8, 4) is 0 Å². The molecule has 68 valence electrons. The predicted molar refractivity (Wildman–Crippen MR) is 53.0 cm³/mol. The van der Waals surface area contributed by atoms with Crippen LogP contribution in [-0.4, -0.2) is 9.97 Å². The van der Waals surface area contributed by atoms with Crippen LogP contribution in [-0.2, 0) is 0 Å². The summed E-state index contributed by atoms with van der Waals surface area (Å²) in [6.45, 7) is 4.26. The van der Waals surface area contributed by atoms with E-state index in [0.717, 1.165) is 11.0 Å². The van der Waals surface area contributed by atoms with E-state index in [2.05, 4.69) is 23.8 Å². The van der Waals surface area contributed by atoms with Crippen LogP contribution in [0.4, 0.5) is 0 Å². The molecule has 0 aliphatic rings. The first-order valence-corrected chi connectivity index (χ1v) is 4.39. The van der Waals surface area contributed by atoms with Gasteiger partial charge in [-0.05, 0) is 23.6 Å². The van der Waals surface area contributed by atoms with E-state index >= 15 is 0 Å². The van der Waals surface area contributed by atoms with Crippen LogP contribution in [0.3, 0.4) is 0 Å². The maximum Gasteiger partial charge on any atom is 0.323 e. The number of rotatable bonds is 1. The Bertz CT molecular complexity index is 479. The summed E-state index contributed by atoms with van der Waals surface area (Å²) in [5.41, 5.74) is 2.85. The molecular weight excluding hydrogens is 164 g/mol. The molecule has 0 amide bonds. The second-order valence-corrected chi connectivity index (χ2v) is 3.54. The van der Waals surface area contributed by atoms with Gasteiger partial charge in [0.15, 0.2) is 0 Å². The van der Waals surface area contributed by atoms with Crippen molar-refractivity contribution in [1.29, 1.82) is 0 Å². The molecule has 13 heavy (non-hydrogen) atoms. The van der Waals surface area contributed by atoms with Crippen molar-refractivity contribution >= 4 is 11.0 Å². The zero-order valence-corrected chi connectivity index (χ0v) is 7.72. The van der Waals surface area contributed by atoms with Crippen LogP contribution in [0.5, 0.6) is 0 Å². The molecule has 2 N–H and O–H groups in total. The smallest absolute Gasteiger partial charge is 0.306 e. The van der Waals surface area contributed by atoms with Gasteiger partial charge in [-0.1, -0.05) is 19.9 Å². The molecule has 0 atom stereocenters. The van der Waals surface area contributed by atoms with Crippen molar-refractivity contribution < 1.29 is 0 Å². The highest BCUT2D eigenvalue weighted by Gasteiger charge is 2.02. The minimum atomic E-state index is -0.143. The molecule has 1 heterocycles. The third kappa shape index (κ3) is 1.37. The van der Waals surface area contributed by atoms with Gasteiger partial charge in [0, 0.05) is 0 Å². The fourth-order valence-corrected chi connectivity index (χ4v) is 1.41. The first-order chi connectivity index (χ1) is 6.16. The molecule has 0 unspecified atom stereocenters. The van der Waals surface area contributed by atoms with Gasteiger partial charge in [-0.3, -0.25) is 0 Å². The van der Waals surface area contributed by atoms with Crippen LogP contribution < -0.4 is 5.69 Å². The number of nitrogens with one attached hydrogen (secondary N) is 2. The Hall–Kier alpha value is -1.51. The van der Waals surface area contributed by atoms with Crippen molar-refractivity contribution in [3.05, 3.63) is 34.2 Å². The van der Waals surface area contributed by atoms with Gasteiger partial charge in [0.2, 0.25) is 0 Å². The maximum atomic E-state index is 11.0. The third-order valence-electron chi connectivity index (χ3n) is 2.21. The Morgan fingerprint density at radius 1 is 1.15 bits per heavy atom. The van der Waals surface area contributed by atoms with Crippen LogP contribution in [0.25, 0.3) is 11.0 Å². The lowest BCUT2D eigenvalue weighted by Gasteiger charge is -2.03. The molecule has 1 aromatic carbocycles. The summed E-state index contributed by atoms with van der Waals surface area (Å²) in [5, 5.41) is 0. The standard InChI is InChI=1S/C10H12N2O/c1-6(2)7-3-4-8-9(5-7)12-10(13)11-8/h3-6H,1-2H3,(H2,11,12,13). The van der Waals surface area contributed by atoms with Gasteiger partial charge < -0.3 is 9.97 Å². The molecule has 1 aromatic heterocycles. The van der Waals surface area contributed by atoms with E-state index in [4.69, 9.17) is 0 Å². The third-order valence-corrected chi connectivity index (χ3v) is 2.21. The van der Waals surface area contributed by atoms with Gasteiger partial charge in [0.05, 0.1) is 11.0 Å². The second-order valence-electron chi connectivity index (χ2n) is 3.54. The number of fused-ring (bicyclic) bond motifs is 1. The monoisotopic (exact) mass is 176 g/mol. The highest BCUT2D eigenvalue weighted by Crippen LogP contribution is 2.17. The van der Waals surface area contributed by atoms with Gasteiger partial charge >= 0.3 is 5.69 Å². The predicted octanol–water partition coefficient (Wildman–Crippen LogP) is 1.98. The number of hydrogen-bond acceptors (Lipinski definition) is 1. The summed E-state index contributed by atoms with van der Waals surface area (Å²) in [6.07, 6.45) is 0. The number of H-pyrrole nitrogens is 2. The molecule has 0 bridgehead atoms. The van der Waals surface area contributed by atoms with Gasteiger partial charge in [-0.2, -0.15) is 0 Å². The molecule has 3 nitrogen and oxygen atoms in total. The van der Waals surface area contributed by atoms with E-state index < -0.39 is 0 Å². The molecular formula is C10H12N2O. The zero-order valence-electron chi connectivity index (χ0n) is 7.72. The van der Waals surface area contributed by atoms with Crippen molar-refractivity contribution in [3.63, 3.8) is 0 Å². The Balaban J connectivity index is 2.68. The molecule has 0 saturated carbocycles. The number of hydrogen-bond donors (Lipinski definition) is 2. The maximum absolute atomic E-state index is 11.0. The van der Waals surface area contributed by atoms with E-state index in [1.165, 1.54) is 5.56 Å². The summed E-state index contributed by atoms with van der Waals surface area (Å²) < 4.78 is 0. The summed E-state index contributed by atoms with van der Waals surface area (Å²) >= 11 is 0.